The van der Waals surface area contributed by atoms with Crippen molar-refractivity contribution in [1.82, 2.24) is 9.97 Å². The lowest BCUT2D eigenvalue weighted by Gasteiger charge is -2.35. The van der Waals surface area contributed by atoms with Crippen molar-refractivity contribution in [2.45, 2.75) is 37.6 Å². The molecule has 1 aliphatic carbocycles. The Morgan fingerprint density at radius 2 is 1.31 bits per heavy atom. The second kappa shape index (κ2) is 9.57. The molecule has 218 valence electrons. The largest absolute Gasteiger partial charge is 0.358 e. The lowest BCUT2D eigenvalue weighted by atomic mass is 9.64. The van der Waals surface area contributed by atoms with Crippen molar-refractivity contribution in [1.29, 1.82) is 0 Å². The number of aromatic amines is 2. The van der Waals surface area contributed by atoms with Gasteiger partial charge in [0.2, 0.25) is 5.91 Å². The average Bonchev–Trinajstić information content (AvgIpc) is 3.77. The van der Waals surface area contributed by atoms with Gasteiger partial charge in [-0.15, -0.1) is 0 Å². The number of anilines is 1. The van der Waals surface area contributed by atoms with Crippen LogP contribution >= 0.6 is 0 Å². The maximum absolute atomic E-state index is 15.7. The summed E-state index contributed by atoms with van der Waals surface area (Å²) in [7, 11) is 0. The Labute approximate surface area is 262 Å². The van der Waals surface area contributed by atoms with Gasteiger partial charge in [0.15, 0.2) is 0 Å². The van der Waals surface area contributed by atoms with E-state index in [1.807, 2.05) is 11.0 Å². The number of H-pyrrole nitrogens is 2. The van der Waals surface area contributed by atoms with Crippen LogP contribution in [-0.2, 0) is 16.8 Å². The summed E-state index contributed by atoms with van der Waals surface area (Å²) in [6.07, 6.45) is 0. The van der Waals surface area contributed by atoms with Gasteiger partial charge in [-0.3, -0.25) is 4.79 Å². The minimum atomic E-state index is -0.930. The Bertz CT molecular complexity index is 2260. The lowest BCUT2D eigenvalue weighted by Crippen LogP contribution is -2.44. The molecule has 5 aromatic carbocycles. The zero-order valence-corrected chi connectivity index (χ0v) is 25.3. The number of nitrogens with zero attached hydrogens (tertiary/aromatic N) is 1. The highest BCUT2D eigenvalue weighted by Gasteiger charge is 2.65. The third-order valence-corrected chi connectivity index (χ3v) is 10.3. The topological polar surface area (TPSA) is 51.9 Å². The molecule has 9 rings (SSSR count). The summed E-state index contributed by atoms with van der Waals surface area (Å²) < 4.78 is 0. The first kappa shape index (κ1) is 26.1. The summed E-state index contributed by atoms with van der Waals surface area (Å²) in [5.74, 6) is -0.135. The van der Waals surface area contributed by atoms with Gasteiger partial charge in [0.25, 0.3) is 0 Å². The van der Waals surface area contributed by atoms with E-state index in [2.05, 4.69) is 145 Å². The minimum absolute atomic E-state index is 0.101. The van der Waals surface area contributed by atoms with E-state index in [0.717, 1.165) is 55.6 Å². The van der Waals surface area contributed by atoms with Crippen LogP contribution in [0.5, 0.6) is 0 Å². The van der Waals surface area contributed by atoms with Gasteiger partial charge in [-0.25, -0.2) is 0 Å². The van der Waals surface area contributed by atoms with E-state index in [0.29, 0.717) is 6.54 Å². The van der Waals surface area contributed by atoms with Crippen LogP contribution in [0, 0.1) is 13.8 Å². The highest BCUT2D eigenvalue weighted by atomic mass is 16.2. The summed E-state index contributed by atoms with van der Waals surface area (Å²) in [5, 5.41) is 2.34. The molecule has 3 atom stereocenters. The van der Waals surface area contributed by atoms with E-state index in [9.17, 15) is 0 Å². The molecule has 0 saturated heterocycles. The first-order valence-corrected chi connectivity index (χ1v) is 15.8. The van der Waals surface area contributed by atoms with E-state index in [1.165, 1.54) is 16.6 Å². The van der Waals surface area contributed by atoms with E-state index in [-0.39, 0.29) is 17.7 Å². The van der Waals surface area contributed by atoms with E-state index in [1.54, 1.807) is 0 Å². The smallest absolute Gasteiger partial charge is 0.243 e. The van der Waals surface area contributed by atoms with Gasteiger partial charge < -0.3 is 14.9 Å². The number of aromatic nitrogens is 2. The molecule has 45 heavy (non-hydrogen) atoms. The van der Waals surface area contributed by atoms with E-state index in [4.69, 9.17) is 0 Å². The number of hydrogen-bond acceptors (Lipinski definition) is 1. The Hall–Kier alpha value is -5.35. The van der Waals surface area contributed by atoms with Gasteiger partial charge in [-0.05, 0) is 54.3 Å². The number of amides is 1. The number of benzene rings is 5. The van der Waals surface area contributed by atoms with Crippen molar-refractivity contribution >= 4 is 33.4 Å². The van der Waals surface area contributed by atoms with Crippen molar-refractivity contribution in [3.8, 4) is 0 Å². The number of carbonyl (C=O) groups excluding carboxylic acids is 1. The molecule has 0 radical (unpaired) electrons. The molecule has 1 spiro atoms. The number of aryl methyl sites for hydroxylation is 2. The van der Waals surface area contributed by atoms with Crippen molar-refractivity contribution in [3.05, 3.63) is 172 Å². The fraction of sp³-hybridized carbons (Fsp3) is 0.146. The molecule has 7 aromatic rings. The van der Waals surface area contributed by atoms with Crippen molar-refractivity contribution in [2.75, 3.05) is 4.90 Å². The van der Waals surface area contributed by atoms with Crippen molar-refractivity contribution < 1.29 is 4.79 Å². The average molecular weight is 584 g/mol. The fourth-order valence-electron chi connectivity index (χ4n) is 8.52. The zero-order chi connectivity index (χ0) is 30.3. The van der Waals surface area contributed by atoms with E-state index >= 15 is 4.79 Å². The van der Waals surface area contributed by atoms with Crippen LogP contribution in [-0.4, -0.2) is 15.9 Å². The molecule has 0 fully saturated rings. The number of para-hydroxylation sites is 2. The monoisotopic (exact) mass is 583 g/mol. The number of nitrogens with one attached hydrogen (secondary N) is 2. The molecule has 2 N–H and O–H groups in total. The second-order valence-electron chi connectivity index (χ2n) is 12.7. The van der Waals surface area contributed by atoms with Gasteiger partial charge in [-0.1, -0.05) is 115 Å². The number of fused-ring (bicyclic) bond motifs is 7. The van der Waals surface area contributed by atoms with Crippen molar-refractivity contribution in [3.63, 3.8) is 0 Å². The van der Waals surface area contributed by atoms with Gasteiger partial charge >= 0.3 is 0 Å². The third-order valence-electron chi connectivity index (χ3n) is 10.3. The molecule has 4 heteroatoms. The Morgan fingerprint density at radius 3 is 2.04 bits per heavy atom. The zero-order valence-electron chi connectivity index (χ0n) is 25.3. The van der Waals surface area contributed by atoms with Crippen molar-refractivity contribution in [2.24, 2.45) is 0 Å². The molecule has 2 aliphatic rings. The predicted octanol–water partition coefficient (Wildman–Crippen LogP) is 9.03. The third kappa shape index (κ3) is 3.51. The summed E-state index contributed by atoms with van der Waals surface area (Å²) in [6, 6.07) is 44.7. The maximum atomic E-state index is 15.7. The molecule has 1 aliphatic heterocycles. The first-order valence-electron chi connectivity index (χ1n) is 15.8. The quantitative estimate of drug-likeness (QED) is 0.213. The molecule has 0 saturated carbocycles. The summed E-state index contributed by atoms with van der Waals surface area (Å²) in [5.41, 5.74) is 11.4. The molecule has 0 unspecified atom stereocenters. The molecular weight excluding hydrogens is 550 g/mol. The van der Waals surface area contributed by atoms with Gasteiger partial charge in [0.05, 0.1) is 6.54 Å². The molecule has 1 amide bonds. The van der Waals surface area contributed by atoms with Crippen LogP contribution in [0.3, 0.4) is 0 Å². The summed E-state index contributed by atoms with van der Waals surface area (Å²) in [4.78, 5) is 25.5. The number of hydrogen-bond donors (Lipinski definition) is 2. The second-order valence-corrected chi connectivity index (χ2v) is 12.7. The molecule has 4 nitrogen and oxygen atoms in total. The van der Waals surface area contributed by atoms with Gasteiger partial charge in [-0.2, -0.15) is 0 Å². The van der Waals surface area contributed by atoms with Crippen LogP contribution in [0.2, 0.25) is 0 Å². The normalized spacial score (nSPS) is 20.4. The van der Waals surface area contributed by atoms with Crippen LogP contribution < -0.4 is 4.90 Å². The first-order chi connectivity index (χ1) is 22.1. The SMILES string of the molecule is Cc1ccc2c(c1)[C@]1(C(=O)N2Cc2ccccc2)c2c([nH]c3ccccc23)[C@@H](c2[nH]c3ccccc3c2C)[C@@H]1c1ccccc1. The Kier molecular flexibility index (Phi) is 5.55. The highest BCUT2D eigenvalue weighted by Crippen LogP contribution is 2.66. The fourth-order valence-corrected chi connectivity index (χ4v) is 8.52. The molecule has 3 heterocycles. The van der Waals surface area contributed by atoms with Crippen LogP contribution in [0.15, 0.2) is 127 Å². The summed E-state index contributed by atoms with van der Waals surface area (Å²) in [6.45, 7) is 4.88. The van der Waals surface area contributed by atoms with Crippen LogP contribution in [0.4, 0.5) is 5.69 Å². The molecular formula is C41H33N3O. The summed E-state index contributed by atoms with van der Waals surface area (Å²) >= 11 is 0. The Morgan fingerprint density at radius 1 is 0.689 bits per heavy atom. The lowest BCUT2D eigenvalue weighted by molar-refractivity contribution is -0.122. The Balaban J connectivity index is 1.41. The highest BCUT2D eigenvalue weighted by molar-refractivity contribution is 6.15. The predicted molar refractivity (Wildman–Crippen MR) is 182 cm³/mol. The van der Waals surface area contributed by atoms with Crippen LogP contribution in [0.25, 0.3) is 21.8 Å². The molecule has 2 aromatic heterocycles. The van der Waals surface area contributed by atoms with Gasteiger partial charge in [0, 0.05) is 56.3 Å². The van der Waals surface area contributed by atoms with Crippen LogP contribution in [0.1, 0.15) is 56.6 Å². The molecule has 0 bridgehead atoms. The maximum Gasteiger partial charge on any atom is 0.243 e. The number of rotatable bonds is 4. The number of carbonyl (C=O) groups is 1. The minimum Gasteiger partial charge on any atom is -0.358 e. The standard InChI is InChI=1S/C41H33N3O/c1-25-21-22-34-31(23-25)41(40(45)44(34)24-27-13-5-3-6-14-27)36(28-15-7-4-8-16-28)35(38-26(2)29-17-9-11-19-32(29)42-38)39-37(41)30-18-10-12-20-33(30)43-39/h3-23,35-36,42-43H,24H2,1-2H3/t35-,36+,41-/m1/s1. The van der Waals surface area contributed by atoms with E-state index < -0.39 is 5.41 Å². The van der Waals surface area contributed by atoms with Gasteiger partial charge in [0.1, 0.15) is 5.41 Å².